The van der Waals surface area contributed by atoms with Gasteiger partial charge in [-0.2, -0.15) is 13.2 Å². The molecule has 0 atom stereocenters. The summed E-state index contributed by atoms with van der Waals surface area (Å²) in [6, 6.07) is 2.04. The molecule has 13 heavy (non-hydrogen) atoms. The lowest BCUT2D eigenvalue weighted by molar-refractivity contribution is -0.136. The number of hydrogen-bond donors (Lipinski definition) is 2. The van der Waals surface area contributed by atoms with Crippen molar-refractivity contribution in [2.75, 3.05) is 11.5 Å². The van der Waals surface area contributed by atoms with Gasteiger partial charge in [0.1, 0.15) is 0 Å². The largest absolute Gasteiger partial charge is 0.419 e. The molecule has 0 fully saturated rings. The molecule has 2 nitrogen and oxygen atoms in total. The summed E-state index contributed by atoms with van der Waals surface area (Å²) >= 11 is 5.34. The highest BCUT2D eigenvalue weighted by Crippen LogP contribution is 2.39. The second kappa shape index (κ2) is 2.99. The summed E-state index contributed by atoms with van der Waals surface area (Å²) in [7, 11) is 0. The Bertz CT molecular complexity index is 312. The summed E-state index contributed by atoms with van der Waals surface area (Å²) in [6.45, 7) is 0. The Kier molecular flexibility index (Phi) is 2.30. The molecule has 0 saturated heterocycles. The molecular formula is C7H6ClF3N2. The lowest BCUT2D eigenvalue weighted by atomic mass is 10.1. The number of alkyl halides is 3. The summed E-state index contributed by atoms with van der Waals surface area (Å²) < 4.78 is 36.7. The quantitative estimate of drug-likeness (QED) is 0.647. The number of halogens is 4. The predicted octanol–water partition coefficient (Wildman–Crippen LogP) is 2.52. The minimum absolute atomic E-state index is 0.107. The molecule has 0 aliphatic carbocycles. The van der Waals surface area contributed by atoms with Crippen molar-refractivity contribution in [1.82, 2.24) is 0 Å². The van der Waals surface area contributed by atoms with Crippen molar-refractivity contribution in [3.63, 3.8) is 0 Å². The number of benzene rings is 1. The van der Waals surface area contributed by atoms with E-state index in [9.17, 15) is 13.2 Å². The van der Waals surface area contributed by atoms with E-state index in [4.69, 9.17) is 23.1 Å². The van der Waals surface area contributed by atoms with E-state index in [2.05, 4.69) is 0 Å². The first-order valence-electron chi connectivity index (χ1n) is 3.24. The van der Waals surface area contributed by atoms with Crippen LogP contribution in [0.2, 0.25) is 5.02 Å². The molecule has 1 aromatic rings. The smallest absolute Gasteiger partial charge is 0.399 e. The minimum Gasteiger partial charge on any atom is -0.399 e. The van der Waals surface area contributed by atoms with Gasteiger partial charge in [-0.1, -0.05) is 11.6 Å². The zero-order valence-electron chi connectivity index (χ0n) is 6.32. The zero-order valence-corrected chi connectivity index (χ0v) is 7.08. The van der Waals surface area contributed by atoms with Gasteiger partial charge in [0, 0.05) is 11.4 Å². The third-order valence-corrected chi connectivity index (χ3v) is 1.72. The van der Waals surface area contributed by atoms with Crippen LogP contribution in [0.15, 0.2) is 12.1 Å². The van der Waals surface area contributed by atoms with Gasteiger partial charge in [0.05, 0.1) is 10.6 Å². The van der Waals surface area contributed by atoms with E-state index in [1.54, 1.807) is 0 Å². The molecule has 0 aliphatic rings. The average Bonchev–Trinajstić information content (AvgIpc) is 1.78. The second-order valence-corrected chi connectivity index (χ2v) is 2.87. The molecule has 72 valence electrons. The summed E-state index contributed by atoms with van der Waals surface area (Å²) in [4.78, 5) is 0. The van der Waals surface area contributed by atoms with Gasteiger partial charge in [0.25, 0.3) is 0 Å². The molecule has 6 heteroatoms. The van der Waals surface area contributed by atoms with Crippen molar-refractivity contribution in [1.29, 1.82) is 0 Å². The molecule has 0 spiro atoms. The minimum atomic E-state index is -4.55. The lowest BCUT2D eigenvalue weighted by Gasteiger charge is -2.12. The van der Waals surface area contributed by atoms with Gasteiger partial charge >= 0.3 is 6.18 Å². The summed E-state index contributed by atoms with van der Waals surface area (Å²) in [5.74, 6) is 0. The topological polar surface area (TPSA) is 52.0 Å². The van der Waals surface area contributed by atoms with Gasteiger partial charge in [0.15, 0.2) is 0 Å². The van der Waals surface area contributed by atoms with Gasteiger partial charge in [-0.3, -0.25) is 0 Å². The Hall–Kier alpha value is -1.10. The molecule has 0 heterocycles. The van der Waals surface area contributed by atoms with Crippen LogP contribution in [-0.4, -0.2) is 0 Å². The molecule has 1 aromatic carbocycles. The van der Waals surface area contributed by atoms with Crippen LogP contribution in [0, 0.1) is 0 Å². The standard InChI is InChI=1S/C7H6ClF3N2/c8-4-1-3(12)2-5(13)6(4)7(9,10)11/h1-2H,12-13H2. The van der Waals surface area contributed by atoms with Crippen LogP contribution in [0.3, 0.4) is 0 Å². The number of rotatable bonds is 0. The molecule has 0 bridgehead atoms. The molecule has 1 rings (SSSR count). The number of hydrogen-bond acceptors (Lipinski definition) is 2. The van der Waals surface area contributed by atoms with Crippen molar-refractivity contribution in [3.05, 3.63) is 22.7 Å². The monoisotopic (exact) mass is 210 g/mol. The summed E-state index contributed by atoms with van der Waals surface area (Å²) in [6.07, 6.45) is -4.55. The van der Waals surface area contributed by atoms with E-state index in [-0.39, 0.29) is 5.69 Å². The maximum atomic E-state index is 12.2. The van der Waals surface area contributed by atoms with Crippen molar-refractivity contribution in [3.8, 4) is 0 Å². The first-order chi connectivity index (χ1) is 5.82. The highest BCUT2D eigenvalue weighted by molar-refractivity contribution is 6.32. The van der Waals surface area contributed by atoms with Crippen LogP contribution in [0.4, 0.5) is 24.5 Å². The van der Waals surface area contributed by atoms with Crippen LogP contribution in [0.5, 0.6) is 0 Å². The molecule has 0 aromatic heterocycles. The molecule has 0 unspecified atom stereocenters. The Morgan fingerprint density at radius 2 is 1.69 bits per heavy atom. The third kappa shape index (κ3) is 1.98. The average molecular weight is 211 g/mol. The summed E-state index contributed by atoms with van der Waals surface area (Å²) in [5.41, 5.74) is 8.97. The van der Waals surface area contributed by atoms with Crippen molar-refractivity contribution >= 4 is 23.0 Å². The van der Waals surface area contributed by atoms with E-state index < -0.39 is 22.4 Å². The van der Waals surface area contributed by atoms with Crippen LogP contribution < -0.4 is 11.5 Å². The van der Waals surface area contributed by atoms with Gasteiger partial charge in [-0.25, -0.2) is 0 Å². The fourth-order valence-corrected chi connectivity index (χ4v) is 1.29. The number of nitrogens with two attached hydrogens (primary N) is 2. The first kappa shape index (κ1) is 9.98. The molecule has 0 saturated carbocycles. The lowest BCUT2D eigenvalue weighted by Crippen LogP contribution is -2.10. The number of nitrogen functional groups attached to an aromatic ring is 2. The molecular weight excluding hydrogens is 205 g/mol. The van der Waals surface area contributed by atoms with Crippen LogP contribution in [0.1, 0.15) is 5.56 Å². The fourth-order valence-electron chi connectivity index (χ4n) is 0.949. The van der Waals surface area contributed by atoms with Crippen LogP contribution in [-0.2, 0) is 6.18 Å². The molecule has 0 aliphatic heterocycles. The normalized spacial score (nSPS) is 11.7. The number of anilines is 2. The van der Waals surface area contributed by atoms with E-state index in [0.29, 0.717) is 0 Å². The fraction of sp³-hybridized carbons (Fsp3) is 0.143. The Morgan fingerprint density at radius 3 is 2.08 bits per heavy atom. The van der Waals surface area contributed by atoms with E-state index >= 15 is 0 Å². The molecule has 0 radical (unpaired) electrons. The van der Waals surface area contributed by atoms with E-state index in [1.165, 1.54) is 0 Å². The third-order valence-electron chi connectivity index (χ3n) is 1.43. The molecule has 0 amide bonds. The Morgan fingerprint density at radius 1 is 1.15 bits per heavy atom. The van der Waals surface area contributed by atoms with Crippen molar-refractivity contribution < 1.29 is 13.2 Å². The highest BCUT2D eigenvalue weighted by Gasteiger charge is 2.35. The predicted molar refractivity (Wildman–Crippen MR) is 45.3 cm³/mol. The van der Waals surface area contributed by atoms with Gasteiger partial charge in [0.2, 0.25) is 0 Å². The van der Waals surface area contributed by atoms with Gasteiger partial charge in [-0.05, 0) is 12.1 Å². The van der Waals surface area contributed by atoms with E-state index in [1.807, 2.05) is 0 Å². The van der Waals surface area contributed by atoms with Crippen molar-refractivity contribution in [2.45, 2.75) is 6.18 Å². The van der Waals surface area contributed by atoms with Gasteiger partial charge < -0.3 is 11.5 Å². The summed E-state index contributed by atoms with van der Waals surface area (Å²) in [5, 5.41) is -0.481. The maximum absolute atomic E-state index is 12.2. The second-order valence-electron chi connectivity index (χ2n) is 2.46. The van der Waals surface area contributed by atoms with Crippen LogP contribution >= 0.6 is 11.6 Å². The SMILES string of the molecule is Nc1cc(N)c(C(F)(F)F)c(Cl)c1. The first-order valence-corrected chi connectivity index (χ1v) is 3.62. The van der Waals surface area contributed by atoms with Crippen LogP contribution in [0.25, 0.3) is 0 Å². The zero-order chi connectivity index (χ0) is 10.2. The Balaban J connectivity index is 3.38. The highest BCUT2D eigenvalue weighted by atomic mass is 35.5. The van der Waals surface area contributed by atoms with Crippen molar-refractivity contribution in [2.24, 2.45) is 0 Å². The van der Waals surface area contributed by atoms with Gasteiger partial charge in [-0.15, -0.1) is 0 Å². The maximum Gasteiger partial charge on any atom is 0.419 e. The Labute approximate surface area is 77.3 Å². The van der Waals surface area contributed by atoms with E-state index in [0.717, 1.165) is 12.1 Å². The molecule has 4 N–H and O–H groups in total.